The van der Waals surface area contributed by atoms with Crippen LogP contribution in [-0.4, -0.2) is 36.7 Å². The Hall–Kier alpha value is -1.82. The molecule has 0 saturated heterocycles. The maximum atomic E-state index is 11.5. The van der Waals surface area contributed by atoms with Crippen molar-refractivity contribution in [1.29, 1.82) is 0 Å². The number of nitrogens with one attached hydrogen (secondary N) is 1. The van der Waals surface area contributed by atoms with Gasteiger partial charge in [-0.1, -0.05) is 13.8 Å². The van der Waals surface area contributed by atoms with Crippen molar-refractivity contribution in [3.8, 4) is 0 Å². The standard InChI is InChI=1S/C12H17NO5/c1-8(2)6-17-4-3-13-11(14)10-5-9(7-18-10)12(15)16/h5,7-8H,3-4,6H2,1-2H3,(H,13,14)(H,15,16). The zero-order valence-electron chi connectivity index (χ0n) is 10.4. The average molecular weight is 255 g/mol. The second-order valence-electron chi connectivity index (χ2n) is 4.23. The van der Waals surface area contributed by atoms with Crippen molar-refractivity contribution < 1.29 is 23.8 Å². The molecule has 100 valence electrons. The molecule has 0 fully saturated rings. The van der Waals surface area contributed by atoms with Crippen molar-refractivity contribution in [2.45, 2.75) is 13.8 Å². The number of carboxylic acid groups (broad SMARTS) is 1. The Labute approximate surface area is 105 Å². The fourth-order valence-electron chi connectivity index (χ4n) is 1.21. The number of carboxylic acids is 1. The van der Waals surface area contributed by atoms with Gasteiger partial charge in [0.25, 0.3) is 5.91 Å². The second-order valence-corrected chi connectivity index (χ2v) is 4.23. The topological polar surface area (TPSA) is 88.8 Å². The molecule has 6 nitrogen and oxygen atoms in total. The Balaban J connectivity index is 2.30. The molecule has 0 spiro atoms. The number of carbonyl (C=O) groups is 2. The second kappa shape index (κ2) is 6.80. The first-order valence-corrected chi connectivity index (χ1v) is 5.68. The quantitative estimate of drug-likeness (QED) is 0.718. The summed E-state index contributed by atoms with van der Waals surface area (Å²) in [5.74, 6) is -1.14. The molecule has 1 aromatic heterocycles. The van der Waals surface area contributed by atoms with Crippen LogP contribution in [0.15, 0.2) is 16.7 Å². The van der Waals surface area contributed by atoms with E-state index in [4.69, 9.17) is 14.3 Å². The van der Waals surface area contributed by atoms with E-state index in [0.29, 0.717) is 25.7 Å². The highest BCUT2D eigenvalue weighted by Crippen LogP contribution is 2.07. The van der Waals surface area contributed by atoms with Crippen molar-refractivity contribution in [3.05, 3.63) is 23.7 Å². The molecular weight excluding hydrogens is 238 g/mol. The Morgan fingerprint density at radius 1 is 1.50 bits per heavy atom. The van der Waals surface area contributed by atoms with E-state index >= 15 is 0 Å². The third-order valence-electron chi connectivity index (χ3n) is 2.05. The van der Waals surface area contributed by atoms with Crippen molar-refractivity contribution in [3.63, 3.8) is 0 Å². The molecule has 6 heteroatoms. The number of carbonyl (C=O) groups excluding carboxylic acids is 1. The number of rotatable bonds is 7. The minimum absolute atomic E-state index is 0.0174. The van der Waals surface area contributed by atoms with Gasteiger partial charge >= 0.3 is 5.97 Å². The van der Waals surface area contributed by atoms with Crippen LogP contribution in [0.4, 0.5) is 0 Å². The summed E-state index contributed by atoms with van der Waals surface area (Å²) in [5, 5.41) is 11.2. The summed E-state index contributed by atoms with van der Waals surface area (Å²) in [6, 6.07) is 1.19. The van der Waals surface area contributed by atoms with Crippen LogP contribution in [0.1, 0.15) is 34.8 Å². The lowest BCUT2D eigenvalue weighted by Gasteiger charge is -2.07. The van der Waals surface area contributed by atoms with Crippen LogP contribution in [0.3, 0.4) is 0 Å². The molecule has 1 amide bonds. The van der Waals surface area contributed by atoms with E-state index in [0.717, 1.165) is 6.26 Å². The fraction of sp³-hybridized carbons (Fsp3) is 0.500. The van der Waals surface area contributed by atoms with Crippen LogP contribution in [0, 0.1) is 5.92 Å². The maximum Gasteiger partial charge on any atom is 0.338 e. The van der Waals surface area contributed by atoms with E-state index in [-0.39, 0.29) is 11.3 Å². The van der Waals surface area contributed by atoms with Gasteiger partial charge in [-0.3, -0.25) is 4.79 Å². The van der Waals surface area contributed by atoms with Crippen molar-refractivity contribution in [1.82, 2.24) is 5.32 Å². The van der Waals surface area contributed by atoms with Crippen LogP contribution in [0.5, 0.6) is 0 Å². The number of furan rings is 1. The average Bonchev–Trinajstić information content (AvgIpc) is 2.77. The van der Waals surface area contributed by atoms with E-state index in [2.05, 4.69) is 5.32 Å². The molecule has 0 aliphatic rings. The molecule has 2 N–H and O–H groups in total. The molecule has 1 heterocycles. The third-order valence-corrected chi connectivity index (χ3v) is 2.05. The lowest BCUT2D eigenvalue weighted by molar-refractivity contribution is 0.0695. The smallest absolute Gasteiger partial charge is 0.338 e. The summed E-state index contributed by atoms with van der Waals surface area (Å²) in [5.41, 5.74) is -0.0452. The van der Waals surface area contributed by atoms with Gasteiger partial charge in [0.2, 0.25) is 0 Å². The van der Waals surface area contributed by atoms with Gasteiger partial charge in [-0.15, -0.1) is 0 Å². The van der Waals surface area contributed by atoms with Crippen LogP contribution >= 0.6 is 0 Å². The molecule has 18 heavy (non-hydrogen) atoms. The Bertz CT molecular complexity index is 410. The molecule has 0 radical (unpaired) electrons. The third kappa shape index (κ3) is 4.58. The van der Waals surface area contributed by atoms with Crippen LogP contribution < -0.4 is 5.32 Å². The molecule has 0 aromatic carbocycles. The molecular formula is C12H17NO5. The van der Waals surface area contributed by atoms with Crippen LogP contribution in [0.25, 0.3) is 0 Å². The Morgan fingerprint density at radius 3 is 2.78 bits per heavy atom. The zero-order valence-corrected chi connectivity index (χ0v) is 10.4. The summed E-state index contributed by atoms with van der Waals surface area (Å²) in [6.07, 6.45) is 1.03. The van der Waals surface area contributed by atoms with Crippen LogP contribution in [0.2, 0.25) is 0 Å². The molecule has 1 aromatic rings. The van der Waals surface area contributed by atoms with E-state index in [1.165, 1.54) is 6.07 Å². The highest BCUT2D eigenvalue weighted by atomic mass is 16.5. The van der Waals surface area contributed by atoms with Crippen LogP contribution in [-0.2, 0) is 4.74 Å². The Morgan fingerprint density at radius 2 is 2.22 bits per heavy atom. The first-order chi connectivity index (χ1) is 8.50. The molecule has 0 unspecified atom stereocenters. The van der Waals surface area contributed by atoms with Crippen molar-refractivity contribution >= 4 is 11.9 Å². The van der Waals surface area contributed by atoms with Gasteiger partial charge in [0.1, 0.15) is 6.26 Å². The van der Waals surface area contributed by atoms with Gasteiger partial charge < -0.3 is 19.6 Å². The van der Waals surface area contributed by atoms with Gasteiger partial charge in [0, 0.05) is 19.2 Å². The van der Waals surface area contributed by atoms with E-state index < -0.39 is 11.9 Å². The lowest BCUT2D eigenvalue weighted by Crippen LogP contribution is -2.27. The van der Waals surface area contributed by atoms with Gasteiger partial charge in [-0.2, -0.15) is 0 Å². The summed E-state index contributed by atoms with van der Waals surface area (Å²) >= 11 is 0. The summed E-state index contributed by atoms with van der Waals surface area (Å²) < 4.78 is 10.1. The number of hydrogen-bond donors (Lipinski definition) is 2. The molecule has 0 aliphatic heterocycles. The van der Waals surface area contributed by atoms with E-state index in [1.54, 1.807) is 0 Å². The maximum absolute atomic E-state index is 11.5. The Kier molecular flexibility index (Phi) is 5.38. The monoisotopic (exact) mass is 255 g/mol. The van der Waals surface area contributed by atoms with E-state index in [9.17, 15) is 9.59 Å². The van der Waals surface area contributed by atoms with Gasteiger partial charge in [0.05, 0.1) is 12.2 Å². The fourth-order valence-corrected chi connectivity index (χ4v) is 1.21. The first-order valence-electron chi connectivity index (χ1n) is 5.68. The predicted molar refractivity (Wildman–Crippen MR) is 63.7 cm³/mol. The van der Waals surface area contributed by atoms with Crippen molar-refractivity contribution in [2.24, 2.45) is 5.92 Å². The van der Waals surface area contributed by atoms with Crippen molar-refractivity contribution in [2.75, 3.05) is 19.8 Å². The SMILES string of the molecule is CC(C)COCCNC(=O)c1cc(C(=O)O)co1. The largest absolute Gasteiger partial charge is 0.478 e. The number of aromatic carboxylic acids is 1. The highest BCUT2D eigenvalue weighted by molar-refractivity contribution is 5.95. The number of hydrogen-bond acceptors (Lipinski definition) is 4. The van der Waals surface area contributed by atoms with Gasteiger partial charge in [0.15, 0.2) is 5.76 Å². The summed E-state index contributed by atoms with van der Waals surface area (Å²) in [6.45, 7) is 5.48. The number of ether oxygens (including phenoxy) is 1. The zero-order chi connectivity index (χ0) is 13.5. The lowest BCUT2D eigenvalue weighted by atomic mass is 10.2. The predicted octanol–water partition coefficient (Wildman–Crippen LogP) is 1.38. The number of amides is 1. The molecule has 0 bridgehead atoms. The molecule has 0 atom stereocenters. The molecule has 0 saturated carbocycles. The minimum Gasteiger partial charge on any atom is -0.478 e. The van der Waals surface area contributed by atoms with E-state index in [1.807, 2.05) is 13.8 Å². The highest BCUT2D eigenvalue weighted by Gasteiger charge is 2.13. The molecule has 1 rings (SSSR count). The van der Waals surface area contributed by atoms with Gasteiger partial charge in [-0.05, 0) is 5.92 Å². The summed E-state index contributed by atoms with van der Waals surface area (Å²) in [4.78, 5) is 22.1. The minimum atomic E-state index is -1.13. The normalized spacial score (nSPS) is 10.6. The molecule has 0 aliphatic carbocycles. The van der Waals surface area contributed by atoms with Gasteiger partial charge in [-0.25, -0.2) is 4.79 Å². The summed E-state index contributed by atoms with van der Waals surface area (Å²) in [7, 11) is 0. The first kappa shape index (κ1) is 14.2.